The van der Waals surface area contributed by atoms with Gasteiger partial charge in [-0.1, -0.05) is 42.8 Å². The predicted molar refractivity (Wildman–Crippen MR) is 138 cm³/mol. The summed E-state index contributed by atoms with van der Waals surface area (Å²) in [5.74, 6) is 0.0572. The molecule has 1 aliphatic heterocycles. The standard InChI is InChI=1S/C29H28N2O5/c1-4-21-15-20(3)16-25(17-21)36-14-13-35-24-11-7-22(8-12-24)18-26-27(32)30-29(34)31(28(26)33)23-9-5-19(2)6-10-23/h5-12,15-18H,4,13-14H2,1-3H3,(H,30,32,34). The number of aryl methyl sites for hydroxylation is 3. The first-order valence-electron chi connectivity index (χ1n) is 11.8. The van der Waals surface area contributed by atoms with E-state index in [2.05, 4.69) is 18.3 Å². The van der Waals surface area contributed by atoms with Gasteiger partial charge < -0.3 is 9.47 Å². The molecule has 0 atom stereocenters. The minimum Gasteiger partial charge on any atom is -0.490 e. The van der Waals surface area contributed by atoms with Crippen LogP contribution in [0.15, 0.2) is 72.3 Å². The van der Waals surface area contributed by atoms with Crippen molar-refractivity contribution in [1.82, 2.24) is 5.32 Å². The van der Waals surface area contributed by atoms with Crippen LogP contribution in [0.1, 0.15) is 29.2 Å². The van der Waals surface area contributed by atoms with Crippen molar-refractivity contribution in [1.29, 1.82) is 0 Å². The van der Waals surface area contributed by atoms with Gasteiger partial charge in [-0.15, -0.1) is 0 Å². The lowest BCUT2D eigenvalue weighted by molar-refractivity contribution is -0.122. The van der Waals surface area contributed by atoms with E-state index in [9.17, 15) is 14.4 Å². The van der Waals surface area contributed by atoms with Crippen molar-refractivity contribution >= 4 is 29.6 Å². The lowest BCUT2D eigenvalue weighted by Gasteiger charge is -2.26. The van der Waals surface area contributed by atoms with Crippen molar-refractivity contribution in [3.63, 3.8) is 0 Å². The first kappa shape index (κ1) is 24.7. The fourth-order valence-electron chi connectivity index (χ4n) is 3.84. The molecule has 1 aliphatic rings. The van der Waals surface area contributed by atoms with Gasteiger partial charge in [-0.25, -0.2) is 9.69 Å². The Balaban J connectivity index is 1.38. The molecule has 7 nitrogen and oxygen atoms in total. The summed E-state index contributed by atoms with van der Waals surface area (Å²) in [6.45, 7) is 6.82. The minimum atomic E-state index is -0.770. The first-order valence-corrected chi connectivity index (χ1v) is 11.8. The Hall–Kier alpha value is -4.39. The van der Waals surface area contributed by atoms with E-state index in [1.807, 2.05) is 26.0 Å². The molecular weight excluding hydrogens is 456 g/mol. The Bertz CT molecular complexity index is 1310. The molecule has 36 heavy (non-hydrogen) atoms. The van der Waals surface area contributed by atoms with Crippen LogP contribution in [0, 0.1) is 13.8 Å². The predicted octanol–water partition coefficient (Wildman–Crippen LogP) is 4.99. The average Bonchev–Trinajstić information content (AvgIpc) is 2.86. The summed E-state index contributed by atoms with van der Waals surface area (Å²) in [4.78, 5) is 38.7. The van der Waals surface area contributed by atoms with E-state index in [4.69, 9.17) is 9.47 Å². The normalized spacial score (nSPS) is 14.7. The highest BCUT2D eigenvalue weighted by atomic mass is 16.5. The fourth-order valence-corrected chi connectivity index (χ4v) is 3.84. The van der Waals surface area contributed by atoms with Gasteiger partial charge in [0.25, 0.3) is 11.8 Å². The Morgan fingerprint density at radius 3 is 2.14 bits per heavy atom. The maximum absolute atomic E-state index is 13.0. The zero-order valence-corrected chi connectivity index (χ0v) is 20.5. The van der Waals surface area contributed by atoms with Crippen molar-refractivity contribution in [3.05, 3.63) is 94.6 Å². The van der Waals surface area contributed by atoms with E-state index in [1.54, 1.807) is 48.5 Å². The van der Waals surface area contributed by atoms with Gasteiger partial charge in [-0.05, 0) is 79.4 Å². The molecule has 0 unspecified atom stereocenters. The summed E-state index contributed by atoms with van der Waals surface area (Å²) in [6.07, 6.45) is 2.41. The molecule has 1 N–H and O–H groups in total. The smallest absolute Gasteiger partial charge is 0.335 e. The number of hydrogen-bond acceptors (Lipinski definition) is 5. The van der Waals surface area contributed by atoms with Crippen LogP contribution in [-0.2, 0) is 16.0 Å². The van der Waals surface area contributed by atoms with Crippen molar-refractivity contribution in [2.45, 2.75) is 27.2 Å². The third-order valence-electron chi connectivity index (χ3n) is 5.72. The molecule has 3 aromatic rings. The second kappa shape index (κ2) is 10.9. The second-order valence-electron chi connectivity index (χ2n) is 8.57. The van der Waals surface area contributed by atoms with Crippen LogP contribution < -0.4 is 19.7 Å². The molecule has 1 saturated heterocycles. The first-order chi connectivity index (χ1) is 17.3. The zero-order chi connectivity index (χ0) is 25.7. The number of barbiturate groups is 1. The lowest BCUT2D eigenvalue weighted by Crippen LogP contribution is -2.54. The highest BCUT2D eigenvalue weighted by Crippen LogP contribution is 2.23. The van der Waals surface area contributed by atoms with Crippen molar-refractivity contribution < 1.29 is 23.9 Å². The highest BCUT2D eigenvalue weighted by Gasteiger charge is 2.36. The summed E-state index contributed by atoms with van der Waals surface area (Å²) in [7, 11) is 0. The summed E-state index contributed by atoms with van der Waals surface area (Å²) in [6, 6.07) is 19.3. The monoisotopic (exact) mass is 484 g/mol. The molecule has 0 spiro atoms. The number of ether oxygens (including phenoxy) is 2. The summed E-state index contributed by atoms with van der Waals surface area (Å²) >= 11 is 0. The number of carbonyl (C=O) groups excluding carboxylic acids is 3. The van der Waals surface area contributed by atoms with Gasteiger partial charge in [0.1, 0.15) is 30.3 Å². The van der Waals surface area contributed by atoms with Gasteiger partial charge in [-0.2, -0.15) is 0 Å². The number of carbonyl (C=O) groups is 3. The number of imide groups is 2. The van der Waals surface area contributed by atoms with E-state index in [0.717, 1.165) is 28.2 Å². The Morgan fingerprint density at radius 1 is 0.806 bits per heavy atom. The van der Waals surface area contributed by atoms with Gasteiger partial charge in [0.05, 0.1) is 5.69 Å². The zero-order valence-electron chi connectivity index (χ0n) is 20.5. The molecule has 7 heteroatoms. The number of hydrogen-bond donors (Lipinski definition) is 1. The maximum Gasteiger partial charge on any atom is 0.335 e. The number of urea groups is 1. The minimum absolute atomic E-state index is 0.123. The number of nitrogens with one attached hydrogen (secondary N) is 1. The van der Waals surface area contributed by atoms with Gasteiger partial charge in [0.2, 0.25) is 0 Å². The molecule has 4 rings (SSSR count). The third kappa shape index (κ3) is 5.81. The lowest BCUT2D eigenvalue weighted by atomic mass is 10.1. The topological polar surface area (TPSA) is 84.9 Å². The number of benzene rings is 3. The molecule has 1 heterocycles. The summed E-state index contributed by atoms with van der Waals surface area (Å²) in [5, 5.41) is 2.23. The summed E-state index contributed by atoms with van der Waals surface area (Å²) < 4.78 is 11.6. The number of amides is 4. The van der Waals surface area contributed by atoms with Crippen LogP contribution in [0.2, 0.25) is 0 Å². The van der Waals surface area contributed by atoms with E-state index in [1.165, 1.54) is 11.6 Å². The molecule has 3 aromatic carbocycles. The quantitative estimate of drug-likeness (QED) is 0.277. The van der Waals surface area contributed by atoms with Crippen molar-refractivity contribution in [2.24, 2.45) is 0 Å². The Labute approximate surface area is 210 Å². The molecule has 0 aliphatic carbocycles. The summed E-state index contributed by atoms with van der Waals surface area (Å²) in [5.41, 5.74) is 4.27. The fraction of sp³-hybridized carbons (Fsp3) is 0.207. The van der Waals surface area contributed by atoms with Crippen LogP contribution in [0.3, 0.4) is 0 Å². The molecule has 0 bridgehead atoms. The molecule has 1 fully saturated rings. The van der Waals surface area contributed by atoms with E-state index in [-0.39, 0.29) is 5.57 Å². The van der Waals surface area contributed by atoms with Crippen molar-refractivity contribution in [3.8, 4) is 11.5 Å². The van der Waals surface area contributed by atoms with Crippen LogP contribution in [-0.4, -0.2) is 31.1 Å². The SMILES string of the molecule is CCc1cc(C)cc(OCCOc2ccc(C=C3C(=O)NC(=O)N(c4ccc(C)cc4)C3=O)cc2)c1. The van der Waals surface area contributed by atoms with Gasteiger partial charge in [0.15, 0.2) is 0 Å². The van der Waals surface area contributed by atoms with Gasteiger partial charge in [0, 0.05) is 0 Å². The van der Waals surface area contributed by atoms with Crippen LogP contribution in [0.5, 0.6) is 11.5 Å². The molecule has 184 valence electrons. The third-order valence-corrected chi connectivity index (χ3v) is 5.72. The molecule has 4 amide bonds. The second-order valence-corrected chi connectivity index (χ2v) is 8.57. The van der Waals surface area contributed by atoms with Crippen LogP contribution in [0.4, 0.5) is 10.5 Å². The molecule has 0 saturated carbocycles. The highest BCUT2D eigenvalue weighted by molar-refractivity contribution is 6.39. The van der Waals surface area contributed by atoms with Gasteiger partial charge >= 0.3 is 6.03 Å². The Kier molecular flexibility index (Phi) is 7.49. The molecular formula is C29H28N2O5. The van der Waals surface area contributed by atoms with Crippen LogP contribution >= 0.6 is 0 Å². The van der Waals surface area contributed by atoms with E-state index < -0.39 is 17.8 Å². The molecule has 0 aromatic heterocycles. The average molecular weight is 485 g/mol. The van der Waals surface area contributed by atoms with Crippen LogP contribution in [0.25, 0.3) is 6.08 Å². The Morgan fingerprint density at radius 2 is 1.47 bits per heavy atom. The maximum atomic E-state index is 13.0. The van der Waals surface area contributed by atoms with E-state index in [0.29, 0.717) is 30.2 Å². The largest absolute Gasteiger partial charge is 0.490 e. The van der Waals surface area contributed by atoms with Gasteiger partial charge in [-0.3, -0.25) is 14.9 Å². The molecule has 0 radical (unpaired) electrons. The number of rotatable bonds is 8. The van der Waals surface area contributed by atoms with E-state index >= 15 is 0 Å². The van der Waals surface area contributed by atoms with Crippen molar-refractivity contribution in [2.75, 3.05) is 18.1 Å². The number of anilines is 1. The number of nitrogens with zero attached hydrogens (tertiary/aromatic N) is 1.